The van der Waals surface area contributed by atoms with E-state index in [1.165, 1.54) is 12.1 Å². The second-order valence-electron chi connectivity index (χ2n) is 8.27. The quantitative estimate of drug-likeness (QED) is 0.437. The molecule has 0 saturated heterocycles. The van der Waals surface area contributed by atoms with E-state index in [0.29, 0.717) is 24.1 Å². The molecule has 4 rings (SSSR count). The highest BCUT2D eigenvalue weighted by Gasteiger charge is 2.51. The number of nitrogens with one attached hydrogen (secondary N) is 2. The normalized spacial score (nSPS) is 15.5. The lowest BCUT2D eigenvalue weighted by Gasteiger charge is -2.19. The van der Waals surface area contributed by atoms with Gasteiger partial charge in [-0.05, 0) is 54.8 Å². The molecule has 1 aliphatic rings. The summed E-state index contributed by atoms with van der Waals surface area (Å²) in [7, 11) is 0. The van der Waals surface area contributed by atoms with Crippen molar-refractivity contribution >= 4 is 22.5 Å². The standard InChI is InChI=1S/C22H24N2O4/c1-21(2,12-25)19-10-13-9-15(4-5-16(13)24-19)23-20(28)22(7-8-22)14-3-6-17(26)18(27)11-14/h3-6,9-11,24-27H,7-8,12H2,1-2H3,(H,23,28). The monoisotopic (exact) mass is 380 g/mol. The summed E-state index contributed by atoms with van der Waals surface area (Å²) in [6.45, 7) is 3.96. The second-order valence-corrected chi connectivity index (χ2v) is 8.27. The van der Waals surface area contributed by atoms with Crippen molar-refractivity contribution in [3.8, 4) is 11.5 Å². The van der Waals surface area contributed by atoms with Gasteiger partial charge in [0.25, 0.3) is 0 Å². The molecule has 2 aromatic carbocycles. The number of fused-ring (bicyclic) bond motifs is 1. The number of H-pyrrole nitrogens is 1. The minimum Gasteiger partial charge on any atom is -0.504 e. The third-order valence-electron chi connectivity index (χ3n) is 5.72. The molecule has 146 valence electrons. The van der Waals surface area contributed by atoms with Crippen LogP contribution in [-0.2, 0) is 15.6 Å². The van der Waals surface area contributed by atoms with Crippen molar-refractivity contribution < 1.29 is 20.1 Å². The van der Waals surface area contributed by atoms with Crippen molar-refractivity contribution in [1.82, 2.24) is 4.98 Å². The second kappa shape index (κ2) is 6.27. The summed E-state index contributed by atoms with van der Waals surface area (Å²) in [5, 5.41) is 32.8. The van der Waals surface area contributed by atoms with Crippen LogP contribution >= 0.6 is 0 Å². The first-order chi connectivity index (χ1) is 13.2. The fraction of sp³-hybridized carbons (Fsp3) is 0.318. The zero-order valence-electron chi connectivity index (χ0n) is 15.9. The van der Waals surface area contributed by atoms with E-state index in [-0.39, 0.29) is 29.4 Å². The van der Waals surface area contributed by atoms with Crippen molar-refractivity contribution in [3.63, 3.8) is 0 Å². The molecule has 3 aromatic rings. The molecule has 0 unspecified atom stereocenters. The third kappa shape index (κ3) is 2.99. The van der Waals surface area contributed by atoms with E-state index in [4.69, 9.17) is 0 Å². The smallest absolute Gasteiger partial charge is 0.235 e. The molecule has 1 saturated carbocycles. The van der Waals surface area contributed by atoms with Crippen molar-refractivity contribution in [2.45, 2.75) is 37.5 Å². The molecule has 0 aliphatic heterocycles. The van der Waals surface area contributed by atoms with E-state index in [9.17, 15) is 20.1 Å². The molecule has 0 radical (unpaired) electrons. The Morgan fingerprint density at radius 2 is 1.86 bits per heavy atom. The summed E-state index contributed by atoms with van der Waals surface area (Å²) in [4.78, 5) is 16.3. The lowest BCUT2D eigenvalue weighted by atomic mass is 9.91. The first-order valence-electron chi connectivity index (χ1n) is 9.33. The number of rotatable bonds is 5. The maximum Gasteiger partial charge on any atom is 0.235 e. The van der Waals surface area contributed by atoms with E-state index < -0.39 is 5.41 Å². The number of phenolic OH excluding ortho intramolecular Hbond substituents is 2. The molecule has 0 spiro atoms. The Balaban J connectivity index is 1.59. The molecule has 1 heterocycles. The number of aliphatic hydroxyl groups excluding tert-OH is 1. The molecule has 1 amide bonds. The Kier molecular flexibility index (Phi) is 4.12. The van der Waals surface area contributed by atoms with Crippen LogP contribution in [0.3, 0.4) is 0 Å². The first kappa shape index (κ1) is 18.4. The average molecular weight is 380 g/mol. The maximum absolute atomic E-state index is 12.9. The largest absolute Gasteiger partial charge is 0.504 e. The highest BCUT2D eigenvalue weighted by molar-refractivity contribution is 6.02. The van der Waals surface area contributed by atoms with Gasteiger partial charge in [-0.25, -0.2) is 0 Å². The number of hydrogen-bond acceptors (Lipinski definition) is 4. The van der Waals surface area contributed by atoms with Crippen molar-refractivity contribution in [1.29, 1.82) is 0 Å². The van der Waals surface area contributed by atoms with Crippen LogP contribution in [0.2, 0.25) is 0 Å². The van der Waals surface area contributed by atoms with Crippen LogP contribution in [0, 0.1) is 0 Å². The number of anilines is 1. The molecule has 5 N–H and O–H groups in total. The Bertz CT molecular complexity index is 1060. The van der Waals surface area contributed by atoms with E-state index in [0.717, 1.165) is 16.6 Å². The molecule has 28 heavy (non-hydrogen) atoms. The molecular formula is C22H24N2O4. The molecule has 1 aromatic heterocycles. The molecule has 1 aliphatic carbocycles. The number of benzene rings is 2. The van der Waals surface area contributed by atoms with Crippen LogP contribution in [0.15, 0.2) is 42.5 Å². The van der Waals surface area contributed by atoms with Gasteiger partial charge < -0.3 is 25.6 Å². The number of carbonyl (C=O) groups excluding carboxylic acids is 1. The predicted octanol–water partition coefficient (Wildman–Crippen LogP) is 3.52. The number of aromatic nitrogens is 1. The van der Waals surface area contributed by atoms with E-state index in [1.54, 1.807) is 6.07 Å². The number of amides is 1. The molecule has 0 atom stereocenters. The van der Waals surface area contributed by atoms with E-state index >= 15 is 0 Å². The SMILES string of the molecule is CC(C)(CO)c1cc2cc(NC(=O)C3(c4ccc(O)c(O)c4)CC3)ccc2[nH]1. The Labute approximate surface area is 162 Å². The van der Waals surface area contributed by atoms with Gasteiger partial charge in [0.05, 0.1) is 12.0 Å². The van der Waals surface area contributed by atoms with Gasteiger partial charge in [-0.1, -0.05) is 19.9 Å². The Hall–Kier alpha value is -2.99. The molecule has 0 bridgehead atoms. The number of phenols is 2. The minimum absolute atomic E-state index is 0.0331. The van der Waals surface area contributed by atoms with Gasteiger partial charge in [-0.15, -0.1) is 0 Å². The zero-order valence-corrected chi connectivity index (χ0v) is 15.9. The summed E-state index contributed by atoms with van der Waals surface area (Å²) in [6, 6.07) is 12.2. The van der Waals surface area contributed by atoms with Crippen LogP contribution < -0.4 is 5.32 Å². The number of aromatic hydroxyl groups is 2. The lowest BCUT2D eigenvalue weighted by Crippen LogP contribution is -2.27. The van der Waals surface area contributed by atoms with Gasteiger partial charge in [0, 0.05) is 27.7 Å². The fourth-order valence-electron chi connectivity index (χ4n) is 3.50. The summed E-state index contributed by atoms with van der Waals surface area (Å²) >= 11 is 0. The molecule has 6 heteroatoms. The molecular weight excluding hydrogens is 356 g/mol. The number of aromatic amines is 1. The molecule has 6 nitrogen and oxygen atoms in total. The zero-order chi connectivity index (χ0) is 20.1. The van der Waals surface area contributed by atoms with Crippen molar-refractivity contribution in [2.24, 2.45) is 0 Å². The minimum atomic E-state index is -0.664. The van der Waals surface area contributed by atoms with Crippen LogP contribution in [0.25, 0.3) is 10.9 Å². The van der Waals surface area contributed by atoms with Gasteiger partial charge in [-0.2, -0.15) is 0 Å². The number of aliphatic hydroxyl groups is 1. The summed E-state index contributed by atoms with van der Waals surface area (Å²) in [5.74, 6) is -0.535. The van der Waals surface area contributed by atoms with Gasteiger partial charge >= 0.3 is 0 Å². The number of hydrogen-bond donors (Lipinski definition) is 5. The summed E-state index contributed by atoms with van der Waals surface area (Å²) in [6.07, 6.45) is 1.40. The maximum atomic E-state index is 12.9. The summed E-state index contributed by atoms with van der Waals surface area (Å²) < 4.78 is 0. The lowest BCUT2D eigenvalue weighted by molar-refractivity contribution is -0.118. The van der Waals surface area contributed by atoms with Gasteiger partial charge in [0.1, 0.15) is 0 Å². The fourth-order valence-corrected chi connectivity index (χ4v) is 3.50. The topological polar surface area (TPSA) is 106 Å². The first-order valence-corrected chi connectivity index (χ1v) is 9.33. The highest BCUT2D eigenvalue weighted by atomic mass is 16.3. The molecule has 1 fully saturated rings. The van der Waals surface area contributed by atoms with Crippen LogP contribution in [0.1, 0.15) is 37.9 Å². The van der Waals surface area contributed by atoms with E-state index in [2.05, 4.69) is 10.3 Å². The van der Waals surface area contributed by atoms with E-state index in [1.807, 2.05) is 38.1 Å². The number of carbonyl (C=O) groups is 1. The van der Waals surface area contributed by atoms with Gasteiger partial charge in [0.15, 0.2) is 11.5 Å². The summed E-state index contributed by atoms with van der Waals surface area (Å²) in [5.41, 5.74) is 2.24. The Morgan fingerprint density at radius 3 is 2.50 bits per heavy atom. The average Bonchev–Trinajstić information content (AvgIpc) is 3.37. The van der Waals surface area contributed by atoms with Gasteiger partial charge in [-0.3, -0.25) is 4.79 Å². The van der Waals surface area contributed by atoms with Crippen molar-refractivity contribution in [2.75, 3.05) is 11.9 Å². The van der Waals surface area contributed by atoms with Crippen LogP contribution in [0.5, 0.6) is 11.5 Å². The predicted molar refractivity (Wildman–Crippen MR) is 108 cm³/mol. The van der Waals surface area contributed by atoms with Crippen molar-refractivity contribution in [3.05, 3.63) is 53.7 Å². The van der Waals surface area contributed by atoms with Gasteiger partial charge in [0.2, 0.25) is 5.91 Å². The highest BCUT2D eigenvalue weighted by Crippen LogP contribution is 2.50. The Morgan fingerprint density at radius 1 is 1.11 bits per heavy atom. The third-order valence-corrected chi connectivity index (χ3v) is 5.72. The van der Waals surface area contributed by atoms with Crippen LogP contribution in [0.4, 0.5) is 5.69 Å². The van der Waals surface area contributed by atoms with Crippen LogP contribution in [-0.4, -0.2) is 32.8 Å².